The van der Waals surface area contributed by atoms with E-state index in [2.05, 4.69) is 40.3 Å². The minimum Gasteiger partial charge on any atom is -0.466 e. The van der Waals surface area contributed by atoms with Gasteiger partial charge in [-0.3, -0.25) is 9.59 Å². The summed E-state index contributed by atoms with van der Waals surface area (Å²) < 4.78 is 5.45. The van der Waals surface area contributed by atoms with Gasteiger partial charge in [0.2, 0.25) is 5.91 Å². The maximum Gasteiger partial charge on any atom is 0.314 e. The van der Waals surface area contributed by atoms with Crippen LogP contribution in [-0.2, 0) is 14.3 Å². The van der Waals surface area contributed by atoms with Gasteiger partial charge in [-0.25, -0.2) is 0 Å². The number of carbonyl (C=O) groups is 2. The molecular formula is C23H39N5O3Si. The number of benzene rings is 1. The molecule has 0 heterocycles. The van der Waals surface area contributed by atoms with Gasteiger partial charge in [-0.2, -0.15) is 0 Å². The van der Waals surface area contributed by atoms with Crippen LogP contribution < -0.4 is 10.6 Å². The van der Waals surface area contributed by atoms with E-state index in [9.17, 15) is 9.59 Å². The lowest BCUT2D eigenvalue weighted by Crippen LogP contribution is -2.46. The average Bonchev–Trinajstić information content (AvgIpc) is 2.74. The number of esters is 1. The molecule has 0 spiro atoms. The van der Waals surface area contributed by atoms with Crippen molar-refractivity contribution in [3.05, 3.63) is 46.3 Å². The molecule has 0 aromatic heterocycles. The first-order chi connectivity index (χ1) is 15.1. The Labute approximate surface area is 193 Å². The first-order valence-corrected chi connectivity index (χ1v) is 15.0. The van der Waals surface area contributed by atoms with E-state index in [-0.39, 0.29) is 23.8 Å². The number of ether oxygens (including phenoxy) is 1. The molecule has 9 heteroatoms. The van der Waals surface area contributed by atoms with Crippen LogP contribution in [0.15, 0.2) is 35.4 Å². The van der Waals surface area contributed by atoms with E-state index in [1.54, 1.807) is 7.05 Å². The number of carbonyl (C=O) groups excluding carboxylic acids is 2. The van der Waals surface area contributed by atoms with Gasteiger partial charge in [-0.15, -0.1) is 0 Å². The summed E-state index contributed by atoms with van der Waals surface area (Å²) in [5.74, 6) is -0.404. The first kappa shape index (κ1) is 27.7. The van der Waals surface area contributed by atoms with E-state index in [1.807, 2.05) is 44.2 Å². The number of hydrogen-bond acceptors (Lipinski definition) is 5. The molecule has 0 aliphatic heterocycles. The number of likely N-dealkylation sites (N-methyl/N-ethyl adjacent to an activating group) is 1. The number of rotatable bonds is 14. The molecule has 0 aliphatic rings. The second-order valence-corrected chi connectivity index (χ2v) is 15.2. The standard InChI is InChI=1S/C23H39N5O3Si/c1-17(2)21(22(29)25-3)26-13-12-19(18-10-8-7-9-11-18)16-20(27-28-24)23(30)31-14-15-32(4,5)6/h7-11,17,19-21,26H,12-16H2,1-6H3,(H,25,29). The number of nitrogens with one attached hydrogen (secondary N) is 2. The van der Waals surface area contributed by atoms with Crippen LogP contribution in [-0.4, -0.2) is 52.2 Å². The lowest BCUT2D eigenvalue weighted by molar-refractivity contribution is -0.144. The van der Waals surface area contributed by atoms with Crippen molar-refractivity contribution < 1.29 is 14.3 Å². The Balaban J connectivity index is 2.89. The van der Waals surface area contributed by atoms with Gasteiger partial charge in [0.05, 0.1) is 12.6 Å². The summed E-state index contributed by atoms with van der Waals surface area (Å²) >= 11 is 0. The zero-order valence-electron chi connectivity index (χ0n) is 20.3. The Bertz CT molecular complexity index is 761. The quantitative estimate of drug-likeness (QED) is 0.140. The highest BCUT2D eigenvalue weighted by Gasteiger charge is 2.26. The zero-order chi connectivity index (χ0) is 24.1. The van der Waals surface area contributed by atoms with Crippen molar-refractivity contribution in [2.75, 3.05) is 20.2 Å². The van der Waals surface area contributed by atoms with Crippen molar-refractivity contribution in [3.8, 4) is 0 Å². The van der Waals surface area contributed by atoms with E-state index in [0.717, 1.165) is 11.6 Å². The third-order valence-electron chi connectivity index (χ3n) is 5.39. The average molecular weight is 462 g/mol. The van der Waals surface area contributed by atoms with Crippen molar-refractivity contribution in [3.63, 3.8) is 0 Å². The summed E-state index contributed by atoms with van der Waals surface area (Å²) in [5.41, 5.74) is 10.1. The van der Waals surface area contributed by atoms with E-state index in [4.69, 9.17) is 10.3 Å². The fraction of sp³-hybridized carbons (Fsp3) is 0.652. The van der Waals surface area contributed by atoms with Crippen molar-refractivity contribution in [2.45, 2.75) is 70.4 Å². The van der Waals surface area contributed by atoms with E-state index >= 15 is 0 Å². The molecule has 0 aliphatic carbocycles. The van der Waals surface area contributed by atoms with Crippen LogP contribution in [0.4, 0.5) is 0 Å². The molecule has 2 N–H and O–H groups in total. The van der Waals surface area contributed by atoms with E-state index in [0.29, 0.717) is 26.0 Å². The van der Waals surface area contributed by atoms with Crippen molar-refractivity contribution in [2.24, 2.45) is 11.0 Å². The van der Waals surface area contributed by atoms with Gasteiger partial charge < -0.3 is 15.4 Å². The van der Waals surface area contributed by atoms with Crippen molar-refractivity contribution in [1.29, 1.82) is 0 Å². The summed E-state index contributed by atoms with van der Waals surface area (Å²) in [6, 6.07) is 9.54. The molecule has 0 bridgehead atoms. The molecule has 3 atom stereocenters. The number of azide groups is 1. The predicted octanol–water partition coefficient (Wildman–Crippen LogP) is 4.47. The van der Waals surface area contributed by atoms with Crippen LogP contribution in [0.3, 0.4) is 0 Å². The minimum atomic E-state index is -1.33. The van der Waals surface area contributed by atoms with Crippen LogP contribution in [0.1, 0.15) is 38.2 Å². The fourth-order valence-electron chi connectivity index (χ4n) is 3.42. The third kappa shape index (κ3) is 10.3. The molecule has 0 radical (unpaired) electrons. The van der Waals surface area contributed by atoms with E-state index < -0.39 is 20.1 Å². The van der Waals surface area contributed by atoms with Crippen LogP contribution in [0, 0.1) is 5.92 Å². The minimum absolute atomic E-state index is 0.0266. The smallest absolute Gasteiger partial charge is 0.314 e. The maximum absolute atomic E-state index is 12.6. The molecule has 32 heavy (non-hydrogen) atoms. The fourth-order valence-corrected chi connectivity index (χ4v) is 4.14. The Morgan fingerprint density at radius 2 is 1.84 bits per heavy atom. The second kappa shape index (κ2) is 13.9. The molecule has 1 aromatic rings. The lowest BCUT2D eigenvalue weighted by atomic mass is 9.89. The van der Waals surface area contributed by atoms with Gasteiger partial charge in [0.25, 0.3) is 0 Å². The van der Waals surface area contributed by atoms with E-state index in [1.165, 1.54) is 0 Å². The van der Waals surface area contributed by atoms with Crippen molar-refractivity contribution >= 4 is 20.0 Å². The normalized spacial score (nSPS) is 14.2. The van der Waals surface area contributed by atoms with Gasteiger partial charge in [0, 0.05) is 20.0 Å². The van der Waals surface area contributed by atoms with Crippen molar-refractivity contribution in [1.82, 2.24) is 10.6 Å². The highest BCUT2D eigenvalue weighted by molar-refractivity contribution is 6.76. The zero-order valence-corrected chi connectivity index (χ0v) is 21.3. The summed E-state index contributed by atoms with van der Waals surface area (Å²) in [4.78, 5) is 27.7. The van der Waals surface area contributed by atoms with Gasteiger partial charge in [-0.05, 0) is 48.4 Å². The van der Waals surface area contributed by atoms with Crippen LogP contribution in [0.25, 0.3) is 10.4 Å². The molecule has 0 fully saturated rings. The monoisotopic (exact) mass is 461 g/mol. The maximum atomic E-state index is 12.6. The molecule has 178 valence electrons. The largest absolute Gasteiger partial charge is 0.466 e. The third-order valence-corrected chi connectivity index (χ3v) is 7.09. The number of hydrogen-bond donors (Lipinski definition) is 2. The van der Waals surface area contributed by atoms with Crippen LogP contribution in [0.2, 0.25) is 25.7 Å². The molecule has 1 rings (SSSR count). The van der Waals surface area contributed by atoms with Gasteiger partial charge in [-0.1, -0.05) is 68.9 Å². The molecule has 1 aromatic carbocycles. The summed E-state index contributed by atoms with van der Waals surface area (Å²) in [5, 5.41) is 9.77. The molecule has 3 unspecified atom stereocenters. The second-order valence-electron chi connectivity index (χ2n) is 9.62. The highest BCUT2D eigenvalue weighted by atomic mass is 28.3. The Kier molecular flexibility index (Phi) is 12.0. The molecule has 0 saturated heterocycles. The van der Waals surface area contributed by atoms with Gasteiger partial charge in [0.15, 0.2) is 0 Å². The Morgan fingerprint density at radius 1 is 1.19 bits per heavy atom. The van der Waals surface area contributed by atoms with Crippen LogP contribution >= 0.6 is 0 Å². The summed E-state index contributed by atoms with van der Waals surface area (Å²) in [6.07, 6.45) is 1.04. The topological polar surface area (TPSA) is 116 Å². The summed E-state index contributed by atoms with van der Waals surface area (Å²) in [7, 11) is 0.295. The Morgan fingerprint density at radius 3 is 2.38 bits per heavy atom. The summed E-state index contributed by atoms with van der Waals surface area (Å²) in [6.45, 7) is 11.6. The van der Waals surface area contributed by atoms with Gasteiger partial charge >= 0.3 is 5.97 Å². The number of amides is 1. The molecule has 0 saturated carbocycles. The SMILES string of the molecule is CNC(=O)C(NCCC(CC(N=[N+]=[N-])C(=O)OCC[Si](C)(C)C)c1ccccc1)C(C)C. The highest BCUT2D eigenvalue weighted by Crippen LogP contribution is 2.26. The lowest BCUT2D eigenvalue weighted by Gasteiger charge is -2.24. The molecule has 1 amide bonds. The molecule has 8 nitrogen and oxygen atoms in total. The number of nitrogens with zero attached hydrogens (tertiary/aromatic N) is 3. The predicted molar refractivity (Wildman–Crippen MR) is 131 cm³/mol. The Hall–Kier alpha value is -2.35. The van der Waals surface area contributed by atoms with Gasteiger partial charge in [0.1, 0.15) is 6.04 Å². The first-order valence-electron chi connectivity index (χ1n) is 11.3. The molecular weight excluding hydrogens is 422 g/mol. The van der Waals surface area contributed by atoms with Crippen LogP contribution in [0.5, 0.6) is 0 Å².